The number of carbonyl (C=O) groups excluding carboxylic acids is 1. The molecule has 0 aliphatic rings. The Morgan fingerprint density at radius 2 is 2.00 bits per heavy atom. The molecule has 0 aliphatic carbocycles. The molecule has 0 saturated carbocycles. The van der Waals surface area contributed by atoms with Gasteiger partial charge in [-0.3, -0.25) is 9.48 Å². The fraction of sp³-hybridized carbons (Fsp3) is 0.375. The molecule has 0 aliphatic heterocycles. The van der Waals surface area contributed by atoms with E-state index in [1.807, 2.05) is 38.4 Å². The predicted octanol–water partition coefficient (Wildman–Crippen LogP) is 1.80. The molecule has 0 unspecified atom stereocenters. The molecule has 1 amide bonds. The van der Waals surface area contributed by atoms with E-state index >= 15 is 0 Å². The first-order chi connectivity index (χ1) is 11.0. The van der Waals surface area contributed by atoms with Crippen LogP contribution in [0.25, 0.3) is 5.65 Å². The molecule has 3 aromatic heterocycles. The minimum absolute atomic E-state index is 0.179. The van der Waals surface area contributed by atoms with Crippen molar-refractivity contribution in [3.8, 4) is 0 Å². The van der Waals surface area contributed by atoms with Gasteiger partial charge in [0.25, 0.3) is 5.91 Å². The van der Waals surface area contributed by atoms with Crippen LogP contribution < -0.4 is 5.32 Å². The maximum atomic E-state index is 12.5. The van der Waals surface area contributed by atoms with Gasteiger partial charge in [-0.25, -0.2) is 9.50 Å². The van der Waals surface area contributed by atoms with Gasteiger partial charge in [-0.2, -0.15) is 10.2 Å². The van der Waals surface area contributed by atoms with Crippen molar-refractivity contribution < 1.29 is 4.79 Å². The molecule has 0 aromatic carbocycles. The minimum Gasteiger partial charge on any atom is -0.348 e. The summed E-state index contributed by atoms with van der Waals surface area (Å²) in [5, 5.41) is 11.5. The van der Waals surface area contributed by atoms with Crippen LogP contribution in [0.1, 0.15) is 39.9 Å². The number of hydrogen-bond donors (Lipinski definition) is 1. The number of nitrogens with zero attached hydrogens (tertiary/aromatic N) is 5. The number of nitrogens with one attached hydrogen (secondary N) is 1. The SMILES string of the molecule is CCn1ncc(CNC(=O)c2cnn3c(C)cc(C)nc23)c1C. The predicted molar refractivity (Wildman–Crippen MR) is 86.3 cm³/mol. The van der Waals surface area contributed by atoms with Gasteiger partial charge < -0.3 is 5.32 Å². The molecule has 3 aromatic rings. The number of carbonyl (C=O) groups is 1. The summed E-state index contributed by atoms with van der Waals surface area (Å²) >= 11 is 0. The first kappa shape index (κ1) is 15.2. The summed E-state index contributed by atoms with van der Waals surface area (Å²) in [6, 6.07) is 1.93. The Bertz CT molecular complexity index is 876. The average molecular weight is 312 g/mol. The molecule has 0 saturated heterocycles. The van der Waals surface area contributed by atoms with Gasteiger partial charge in [0.2, 0.25) is 0 Å². The van der Waals surface area contributed by atoms with Crippen molar-refractivity contribution in [1.82, 2.24) is 29.7 Å². The van der Waals surface area contributed by atoms with Gasteiger partial charge in [0.1, 0.15) is 5.56 Å². The highest BCUT2D eigenvalue weighted by molar-refractivity contribution is 5.99. The number of rotatable bonds is 4. The van der Waals surface area contributed by atoms with Crippen LogP contribution in [0.5, 0.6) is 0 Å². The van der Waals surface area contributed by atoms with Crippen LogP contribution in [0.3, 0.4) is 0 Å². The van der Waals surface area contributed by atoms with E-state index in [2.05, 4.69) is 20.5 Å². The van der Waals surface area contributed by atoms with Crippen molar-refractivity contribution in [2.75, 3.05) is 0 Å². The minimum atomic E-state index is -0.179. The third-order valence-corrected chi connectivity index (χ3v) is 3.97. The van der Waals surface area contributed by atoms with E-state index in [-0.39, 0.29) is 5.91 Å². The van der Waals surface area contributed by atoms with Gasteiger partial charge in [0.05, 0.1) is 12.4 Å². The normalized spacial score (nSPS) is 11.1. The van der Waals surface area contributed by atoms with Crippen LogP contribution in [-0.4, -0.2) is 30.3 Å². The molecular weight excluding hydrogens is 292 g/mol. The number of amides is 1. The van der Waals surface area contributed by atoms with E-state index < -0.39 is 0 Å². The lowest BCUT2D eigenvalue weighted by Crippen LogP contribution is -2.23. The maximum Gasteiger partial charge on any atom is 0.257 e. The number of hydrogen-bond acceptors (Lipinski definition) is 4. The standard InChI is InChI=1S/C16H20N6O/c1-5-21-12(4)13(8-18-21)7-17-16(23)14-9-19-22-11(3)6-10(2)20-15(14)22/h6,8-9H,5,7H2,1-4H3,(H,17,23). The molecule has 0 fully saturated rings. The van der Waals surface area contributed by atoms with Crippen molar-refractivity contribution in [3.05, 3.63) is 46.7 Å². The summed E-state index contributed by atoms with van der Waals surface area (Å²) in [6.07, 6.45) is 3.36. The molecule has 7 heteroatoms. The topological polar surface area (TPSA) is 77.1 Å². The molecule has 0 bridgehead atoms. The smallest absolute Gasteiger partial charge is 0.257 e. The molecular formula is C16H20N6O. The van der Waals surface area contributed by atoms with Crippen LogP contribution in [0.4, 0.5) is 0 Å². The summed E-state index contributed by atoms with van der Waals surface area (Å²) in [7, 11) is 0. The highest BCUT2D eigenvalue weighted by atomic mass is 16.1. The fourth-order valence-electron chi connectivity index (χ4n) is 2.68. The second kappa shape index (κ2) is 5.83. The van der Waals surface area contributed by atoms with E-state index in [4.69, 9.17) is 0 Å². The monoisotopic (exact) mass is 312 g/mol. The lowest BCUT2D eigenvalue weighted by atomic mass is 10.2. The zero-order valence-electron chi connectivity index (χ0n) is 13.8. The molecule has 3 heterocycles. The van der Waals surface area contributed by atoms with Gasteiger partial charge in [-0.05, 0) is 33.8 Å². The Morgan fingerprint density at radius 1 is 1.22 bits per heavy atom. The molecule has 7 nitrogen and oxygen atoms in total. The van der Waals surface area contributed by atoms with Gasteiger partial charge in [0, 0.05) is 35.7 Å². The van der Waals surface area contributed by atoms with E-state index in [9.17, 15) is 4.79 Å². The maximum absolute atomic E-state index is 12.5. The van der Waals surface area contributed by atoms with Gasteiger partial charge in [-0.15, -0.1) is 0 Å². The van der Waals surface area contributed by atoms with Crippen LogP contribution in [0.2, 0.25) is 0 Å². The Kier molecular flexibility index (Phi) is 3.85. The van der Waals surface area contributed by atoms with E-state index in [1.54, 1.807) is 16.9 Å². The molecule has 0 radical (unpaired) electrons. The van der Waals surface area contributed by atoms with Crippen LogP contribution >= 0.6 is 0 Å². The number of aromatic nitrogens is 5. The second-order valence-electron chi connectivity index (χ2n) is 5.59. The molecule has 120 valence electrons. The summed E-state index contributed by atoms with van der Waals surface area (Å²) in [4.78, 5) is 16.9. The zero-order chi connectivity index (χ0) is 16.6. The molecule has 0 atom stereocenters. The third-order valence-electron chi connectivity index (χ3n) is 3.97. The van der Waals surface area contributed by atoms with Crippen molar-refractivity contribution in [3.63, 3.8) is 0 Å². The van der Waals surface area contributed by atoms with Crippen LogP contribution in [0.15, 0.2) is 18.5 Å². The highest BCUT2D eigenvalue weighted by Gasteiger charge is 2.16. The highest BCUT2D eigenvalue weighted by Crippen LogP contribution is 2.12. The average Bonchev–Trinajstić information content (AvgIpc) is 3.08. The Balaban J connectivity index is 1.82. The summed E-state index contributed by atoms with van der Waals surface area (Å²) in [6.45, 7) is 9.14. The Labute approximate surface area is 134 Å². The van der Waals surface area contributed by atoms with Crippen LogP contribution in [0, 0.1) is 20.8 Å². The summed E-state index contributed by atoms with van der Waals surface area (Å²) in [5.41, 5.74) is 4.96. The Hall–Kier alpha value is -2.70. The van der Waals surface area contributed by atoms with Gasteiger partial charge in [-0.1, -0.05) is 0 Å². The lowest BCUT2D eigenvalue weighted by molar-refractivity contribution is 0.0952. The van der Waals surface area contributed by atoms with E-state index in [0.29, 0.717) is 17.8 Å². The van der Waals surface area contributed by atoms with Gasteiger partial charge in [0.15, 0.2) is 5.65 Å². The third kappa shape index (κ3) is 2.69. The fourth-order valence-corrected chi connectivity index (χ4v) is 2.68. The first-order valence-electron chi connectivity index (χ1n) is 7.62. The second-order valence-corrected chi connectivity index (χ2v) is 5.59. The molecule has 23 heavy (non-hydrogen) atoms. The summed E-state index contributed by atoms with van der Waals surface area (Å²) < 4.78 is 3.59. The zero-order valence-corrected chi connectivity index (χ0v) is 13.8. The molecule has 1 N–H and O–H groups in total. The van der Waals surface area contributed by atoms with E-state index in [0.717, 1.165) is 29.2 Å². The largest absolute Gasteiger partial charge is 0.348 e. The van der Waals surface area contributed by atoms with Crippen LogP contribution in [-0.2, 0) is 13.1 Å². The van der Waals surface area contributed by atoms with Crippen molar-refractivity contribution in [2.45, 2.75) is 40.8 Å². The van der Waals surface area contributed by atoms with Gasteiger partial charge >= 0.3 is 0 Å². The van der Waals surface area contributed by atoms with Crippen molar-refractivity contribution in [1.29, 1.82) is 0 Å². The quantitative estimate of drug-likeness (QED) is 0.797. The molecule has 3 rings (SSSR count). The number of fused-ring (bicyclic) bond motifs is 1. The van der Waals surface area contributed by atoms with Crippen molar-refractivity contribution in [2.24, 2.45) is 0 Å². The number of aryl methyl sites for hydroxylation is 3. The first-order valence-corrected chi connectivity index (χ1v) is 7.62. The van der Waals surface area contributed by atoms with Crippen molar-refractivity contribution >= 4 is 11.6 Å². The Morgan fingerprint density at radius 3 is 2.70 bits per heavy atom. The van der Waals surface area contributed by atoms with E-state index in [1.165, 1.54) is 0 Å². The lowest BCUT2D eigenvalue weighted by Gasteiger charge is -2.05. The summed E-state index contributed by atoms with van der Waals surface area (Å²) in [5.74, 6) is -0.179. The molecule has 0 spiro atoms.